The fraction of sp³-hybridized carbons (Fsp3) is 0.385. The molecule has 2 heterocycles. The zero-order valence-electron chi connectivity index (χ0n) is 17.3. The molecule has 0 amide bonds. The number of allylic oxidation sites excluding steroid dienone is 2. The molecule has 2 aromatic rings. The van der Waals surface area contributed by atoms with Gasteiger partial charge in [0.15, 0.2) is 0 Å². The summed E-state index contributed by atoms with van der Waals surface area (Å²) in [5, 5.41) is 1.25. The van der Waals surface area contributed by atoms with Gasteiger partial charge in [-0.2, -0.15) is 0 Å². The second-order valence-electron chi connectivity index (χ2n) is 9.52. The molecule has 5 rings (SSSR count). The van der Waals surface area contributed by atoms with Crippen LogP contribution >= 0.6 is 23.5 Å². The lowest BCUT2D eigenvalue weighted by atomic mass is 9.85. The quantitative estimate of drug-likeness (QED) is 0.479. The van der Waals surface area contributed by atoms with Crippen molar-refractivity contribution in [2.75, 3.05) is 0 Å². The molecule has 2 aromatic carbocycles. The van der Waals surface area contributed by atoms with Gasteiger partial charge in [0.2, 0.25) is 0 Å². The molecule has 0 aromatic heterocycles. The third kappa shape index (κ3) is 2.83. The first-order valence-corrected chi connectivity index (χ1v) is 12.0. The van der Waals surface area contributed by atoms with Crippen LogP contribution in [0.3, 0.4) is 0 Å². The van der Waals surface area contributed by atoms with E-state index >= 15 is 0 Å². The van der Waals surface area contributed by atoms with Gasteiger partial charge < -0.3 is 0 Å². The summed E-state index contributed by atoms with van der Waals surface area (Å²) in [5.41, 5.74) is 8.90. The summed E-state index contributed by atoms with van der Waals surface area (Å²) in [7, 11) is 0. The van der Waals surface area contributed by atoms with Crippen LogP contribution in [0.1, 0.15) is 43.0 Å². The first kappa shape index (κ1) is 18.6. The molecule has 144 valence electrons. The monoisotopic (exact) mass is 404 g/mol. The molecule has 2 aliphatic heterocycles. The van der Waals surface area contributed by atoms with Crippen molar-refractivity contribution < 1.29 is 0 Å². The van der Waals surface area contributed by atoms with E-state index in [0.717, 1.165) is 0 Å². The average Bonchev–Trinajstić information content (AvgIpc) is 3.14. The molecule has 0 saturated carbocycles. The van der Waals surface area contributed by atoms with Crippen LogP contribution in [0.15, 0.2) is 66.3 Å². The standard InChI is InChI=1S/C26H28S2/c1-16-6-10-18(11-7-16)21-15-26(19-12-8-17(2)9-13-19)27-23-20(21)14-22(24(23)28-26)25(3,4)5/h6-15,20,23-24H,1-5H3/t20-,23?,24-,26+/m1/s1. The van der Waals surface area contributed by atoms with Gasteiger partial charge in [0, 0.05) is 16.4 Å². The van der Waals surface area contributed by atoms with Crippen LogP contribution in [-0.2, 0) is 4.08 Å². The van der Waals surface area contributed by atoms with Crippen molar-refractivity contribution in [1.82, 2.24) is 0 Å². The second kappa shape index (κ2) is 6.31. The first-order valence-electron chi connectivity index (χ1n) is 10.2. The Labute approximate surface area is 177 Å². The van der Waals surface area contributed by atoms with Crippen molar-refractivity contribution in [3.05, 3.63) is 88.5 Å². The number of benzene rings is 2. The van der Waals surface area contributed by atoms with Crippen LogP contribution in [0, 0.1) is 25.2 Å². The molecule has 4 atom stereocenters. The maximum absolute atomic E-state index is 2.61. The second-order valence-corrected chi connectivity index (χ2v) is 12.6. The average molecular weight is 405 g/mol. The molecule has 1 saturated heterocycles. The normalized spacial score (nSPS) is 31.0. The molecule has 2 heteroatoms. The van der Waals surface area contributed by atoms with E-state index in [2.05, 4.69) is 119 Å². The highest BCUT2D eigenvalue weighted by Gasteiger charge is 2.58. The summed E-state index contributed by atoms with van der Waals surface area (Å²) in [6, 6.07) is 18.4. The van der Waals surface area contributed by atoms with Crippen LogP contribution in [0.4, 0.5) is 0 Å². The summed E-state index contributed by atoms with van der Waals surface area (Å²) in [6.07, 6.45) is 5.20. The Hall–Kier alpha value is -1.38. The minimum Gasteiger partial charge on any atom is -0.129 e. The van der Waals surface area contributed by atoms with Crippen LogP contribution in [0.5, 0.6) is 0 Å². The van der Waals surface area contributed by atoms with Gasteiger partial charge in [-0.1, -0.05) is 92.1 Å². The molecule has 0 nitrogen and oxygen atoms in total. The number of hydrogen-bond donors (Lipinski definition) is 0. The summed E-state index contributed by atoms with van der Waals surface area (Å²) >= 11 is 4.38. The summed E-state index contributed by atoms with van der Waals surface area (Å²) in [4.78, 5) is 0. The molecule has 1 unspecified atom stereocenters. The Balaban J connectivity index is 1.68. The van der Waals surface area contributed by atoms with Crippen molar-refractivity contribution in [1.29, 1.82) is 0 Å². The van der Waals surface area contributed by atoms with Crippen molar-refractivity contribution >= 4 is 29.1 Å². The van der Waals surface area contributed by atoms with E-state index in [1.165, 1.54) is 27.8 Å². The van der Waals surface area contributed by atoms with Crippen molar-refractivity contribution in [3.8, 4) is 0 Å². The van der Waals surface area contributed by atoms with E-state index < -0.39 is 0 Å². The maximum atomic E-state index is 2.61. The molecule has 0 radical (unpaired) electrons. The van der Waals surface area contributed by atoms with Gasteiger partial charge in [-0.3, -0.25) is 0 Å². The topological polar surface area (TPSA) is 0 Å². The fourth-order valence-corrected chi connectivity index (χ4v) is 9.19. The van der Waals surface area contributed by atoms with Gasteiger partial charge >= 0.3 is 0 Å². The van der Waals surface area contributed by atoms with E-state index in [1.54, 1.807) is 5.57 Å². The number of fused-ring (bicyclic) bond motifs is 1. The predicted molar refractivity (Wildman–Crippen MR) is 126 cm³/mol. The van der Waals surface area contributed by atoms with Crippen molar-refractivity contribution in [3.63, 3.8) is 0 Å². The summed E-state index contributed by atoms with van der Waals surface area (Å²) in [5.74, 6) is 0.528. The number of hydrogen-bond acceptors (Lipinski definition) is 2. The highest BCUT2D eigenvalue weighted by atomic mass is 32.2. The third-order valence-corrected chi connectivity index (χ3v) is 10.1. The van der Waals surface area contributed by atoms with Crippen molar-refractivity contribution in [2.45, 2.75) is 49.2 Å². The highest BCUT2D eigenvalue weighted by molar-refractivity contribution is 8.21. The van der Waals surface area contributed by atoms with Gasteiger partial charge in [-0.15, -0.1) is 23.5 Å². The molecule has 0 spiro atoms. The Morgan fingerprint density at radius 2 is 1.43 bits per heavy atom. The van der Waals surface area contributed by atoms with E-state index in [-0.39, 0.29) is 9.49 Å². The molecule has 3 aliphatic rings. The van der Waals surface area contributed by atoms with Gasteiger partial charge in [-0.05, 0) is 42.0 Å². The Kier molecular flexibility index (Phi) is 4.20. The fourth-order valence-electron chi connectivity index (χ4n) is 4.77. The first-order chi connectivity index (χ1) is 13.3. The number of rotatable bonds is 2. The lowest BCUT2D eigenvalue weighted by molar-refractivity contribution is 0.494. The van der Waals surface area contributed by atoms with E-state index in [4.69, 9.17) is 0 Å². The predicted octanol–water partition coefficient (Wildman–Crippen LogP) is 7.37. The molecule has 2 bridgehead atoms. The van der Waals surface area contributed by atoms with Crippen LogP contribution in [-0.4, -0.2) is 10.5 Å². The van der Waals surface area contributed by atoms with Gasteiger partial charge in [-0.25, -0.2) is 0 Å². The zero-order chi connectivity index (χ0) is 19.7. The lowest BCUT2D eigenvalue weighted by Gasteiger charge is -2.34. The molecule has 28 heavy (non-hydrogen) atoms. The van der Waals surface area contributed by atoms with Crippen LogP contribution in [0.2, 0.25) is 0 Å². The molecule has 1 fully saturated rings. The Morgan fingerprint density at radius 1 is 0.821 bits per heavy atom. The van der Waals surface area contributed by atoms with Gasteiger partial charge in [0.05, 0.1) is 0 Å². The maximum Gasteiger partial charge on any atom is 0.106 e. The smallest absolute Gasteiger partial charge is 0.106 e. The zero-order valence-corrected chi connectivity index (χ0v) is 19.0. The summed E-state index contributed by atoms with van der Waals surface area (Å²) in [6.45, 7) is 11.5. The SMILES string of the molecule is Cc1ccc(C2=C[C@]3(c4ccc(C)cc4)SC4[C@@H]2C=C(C(C)(C)C)[C@H]4S3)cc1. The van der Waals surface area contributed by atoms with Crippen molar-refractivity contribution in [2.24, 2.45) is 11.3 Å². The van der Waals surface area contributed by atoms with E-state index in [9.17, 15) is 0 Å². The highest BCUT2D eigenvalue weighted by Crippen LogP contribution is 2.71. The van der Waals surface area contributed by atoms with Crippen LogP contribution < -0.4 is 0 Å². The van der Waals surface area contributed by atoms with E-state index in [1.807, 2.05) is 0 Å². The Bertz CT molecular complexity index is 973. The minimum absolute atomic E-state index is 0.0323. The molecular formula is C26H28S2. The number of aryl methyl sites for hydroxylation is 2. The van der Waals surface area contributed by atoms with Gasteiger partial charge in [0.25, 0.3) is 0 Å². The largest absolute Gasteiger partial charge is 0.129 e. The Morgan fingerprint density at radius 3 is 2.04 bits per heavy atom. The molecular weight excluding hydrogens is 376 g/mol. The van der Waals surface area contributed by atoms with Gasteiger partial charge in [0.1, 0.15) is 4.08 Å². The number of thioether (sulfide) groups is 2. The summed E-state index contributed by atoms with van der Waals surface area (Å²) < 4.78 is 0.0323. The third-order valence-electron chi connectivity index (χ3n) is 6.34. The van der Waals surface area contributed by atoms with E-state index in [0.29, 0.717) is 16.4 Å². The van der Waals surface area contributed by atoms with Crippen LogP contribution in [0.25, 0.3) is 5.57 Å². The molecule has 0 N–H and O–H groups in total. The minimum atomic E-state index is 0.0323. The lowest BCUT2D eigenvalue weighted by Crippen LogP contribution is -2.24. The molecule has 1 aliphatic carbocycles.